The summed E-state index contributed by atoms with van der Waals surface area (Å²) >= 11 is 1.82. The Kier molecular flexibility index (Phi) is 4.43. The molecule has 4 heteroatoms. The highest BCUT2D eigenvalue weighted by Crippen LogP contribution is 2.17. The van der Waals surface area contributed by atoms with Gasteiger partial charge in [-0.25, -0.2) is 0 Å². The lowest BCUT2D eigenvalue weighted by molar-refractivity contribution is 0.511. The summed E-state index contributed by atoms with van der Waals surface area (Å²) in [5.74, 6) is 2.09. The maximum Gasteiger partial charge on any atom is 0.156 e. The van der Waals surface area contributed by atoms with E-state index in [2.05, 4.69) is 40.6 Å². The van der Waals surface area contributed by atoms with Crippen molar-refractivity contribution in [3.8, 4) is 0 Å². The molecule has 1 unspecified atom stereocenters. The van der Waals surface area contributed by atoms with Crippen molar-refractivity contribution in [1.82, 2.24) is 5.32 Å². The molecule has 0 aliphatic carbocycles. The average Bonchev–Trinajstić information content (AvgIpc) is 3.12. The molecule has 1 saturated heterocycles. The maximum absolute atomic E-state index is 5.30. The molecular formula is C16H18N2OS. The summed E-state index contributed by atoms with van der Waals surface area (Å²) in [6.07, 6.45) is 3.63. The topological polar surface area (TPSA) is 37.5 Å². The number of amidine groups is 1. The first-order valence-electron chi connectivity index (χ1n) is 6.90. The van der Waals surface area contributed by atoms with Crippen LogP contribution < -0.4 is 5.32 Å². The van der Waals surface area contributed by atoms with Crippen molar-refractivity contribution in [3.63, 3.8) is 0 Å². The van der Waals surface area contributed by atoms with Crippen LogP contribution in [0.15, 0.2) is 58.1 Å². The fourth-order valence-electron chi connectivity index (χ4n) is 2.26. The number of benzene rings is 1. The predicted octanol–water partition coefficient (Wildman–Crippen LogP) is 3.13. The number of furan rings is 1. The van der Waals surface area contributed by atoms with E-state index in [9.17, 15) is 0 Å². The predicted molar refractivity (Wildman–Crippen MR) is 84.2 cm³/mol. The van der Waals surface area contributed by atoms with Gasteiger partial charge in [0, 0.05) is 24.8 Å². The third-order valence-electron chi connectivity index (χ3n) is 3.27. The Balaban J connectivity index is 1.47. The number of nitrogens with one attached hydrogen (secondary N) is 1. The second-order valence-electron chi connectivity index (χ2n) is 4.86. The Bertz CT molecular complexity index is 551. The van der Waals surface area contributed by atoms with Crippen LogP contribution >= 0.6 is 11.8 Å². The summed E-state index contributed by atoms with van der Waals surface area (Å²) in [6.45, 7) is 0.779. The fraction of sp³-hybridized carbons (Fsp3) is 0.312. The molecule has 0 saturated carbocycles. The van der Waals surface area contributed by atoms with Crippen molar-refractivity contribution in [3.05, 3.63) is 60.1 Å². The second-order valence-corrected chi connectivity index (χ2v) is 5.87. The molecule has 1 aliphatic rings. The summed E-state index contributed by atoms with van der Waals surface area (Å²) in [5.41, 5.74) is 1.38. The molecule has 20 heavy (non-hydrogen) atoms. The van der Waals surface area contributed by atoms with Crippen LogP contribution in [-0.2, 0) is 12.8 Å². The summed E-state index contributed by atoms with van der Waals surface area (Å²) in [4.78, 5) is 4.60. The van der Waals surface area contributed by atoms with Crippen LogP contribution in [0.5, 0.6) is 0 Å². The molecular weight excluding hydrogens is 268 g/mol. The van der Waals surface area contributed by atoms with Gasteiger partial charge < -0.3 is 9.73 Å². The highest BCUT2D eigenvalue weighted by Gasteiger charge is 2.20. The number of aliphatic imine (C=N–C) groups is 1. The van der Waals surface area contributed by atoms with Gasteiger partial charge >= 0.3 is 0 Å². The number of rotatable bonds is 5. The number of hydrogen-bond donors (Lipinski definition) is 1. The van der Waals surface area contributed by atoms with E-state index in [-0.39, 0.29) is 0 Å². The van der Waals surface area contributed by atoms with Gasteiger partial charge in [0.2, 0.25) is 0 Å². The van der Waals surface area contributed by atoms with Crippen molar-refractivity contribution in [2.75, 3.05) is 12.3 Å². The largest absolute Gasteiger partial charge is 0.469 e. The minimum atomic E-state index is 0.491. The van der Waals surface area contributed by atoms with Gasteiger partial charge in [-0.2, -0.15) is 0 Å². The van der Waals surface area contributed by atoms with E-state index in [1.807, 2.05) is 23.9 Å². The van der Waals surface area contributed by atoms with E-state index < -0.39 is 0 Å². The Labute approximate surface area is 123 Å². The second kappa shape index (κ2) is 6.66. The molecule has 0 spiro atoms. The van der Waals surface area contributed by atoms with E-state index in [4.69, 9.17) is 4.42 Å². The van der Waals surface area contributed by atoms with E-state index in [1.54, 1.807) is 6.26 Å². The Hall–Kier alpha value is -1.68. The van der Waals surface area contributed by atoms with E-state index in [0.29, 0.717) is 6.04 Å². The summed E-state index contributed by atoms with van der Waals surface area (Å²) < 4.78 is 5.30. The molecule has 1 aromatic heterocycles. The maximum atomic E-state index is 5.30. The van der Waals surface area contributed by atoms with E-state index in [1.165, 1.54) is 5.56 Å². The first-order chi connectivity index (χ1) is 9.90. The molecule has 0 amide bonds. The summed E-state index contributed by atoms with van der Waals surface area (Å²) in [6, 6.07) is 15.0. The molecule has 0 bridgehead atoms. The quantitative estimate of drug-likeness (QED) is 0.917. The van der Waals surface area contributed by atoms with Crippen LogP contribution in [0.4, 0.5) is 0 Å². The Morgan fingerprint density at radius 3 is 2.90 bits per heavy atom. The monoisotopic (exact) mass is 286 g/mol. The van der Waals surface area contributed by atoms with Gasteiger partial charge in [0.15, 0.2) is 5.17 Å². The third kappa shape index (κ3) is 3.67. The van der Waals surface area contributed by atoms with Gasteiger partial charge in [-0.1, -0.05) is 42.1 Å². The van der Waals surface area contributed by atoms with Crippen molar-refractivity contribution in [2.45, 2.75) is 18.9 Å². The molecule has 1 aliphatic heterocycles. The molecule has 2 heterocycles. The highest BCUT2D eigenvalue weighted by atomic mass is 32.2. The zero-order valence-corrected chi connectivity index (χ0v) is 12.1. The molecule has 0 radical (unpaired) electrons. The number of thioether (sulfide) groups is 1. The van der Waals surface area contributed by atoms with Gasteiger partial charge in [0.25, 0.3) is 0 Å². The average molecular weight is 286 g/mol. The van der Waals surface area contributed by atoms with Crippen molar-refractivity contribution < 1.29 is 4.42 Å². The lowest BCUT2D eigenvalue weighted by Gasteiger charge is -2.09. The standard InChI is InChI=1S/C16H18N2OS/c1-2-5-13(6-3-1)11-14-12-20-16(18-14)17-9-8-15-7-4-10-19-15/h1-7,10,14H,8-9,11-12H2,(H,17,18). The smallest absolute Gasteiger partial charge is 0.156 e. The first-order valence-corrected chi connectivity index (χ1v) is 7.89. The minimum absolute atomic E-state index is 0.491. The fourth-order valence-corrected chi connectivity index (χ4v) is 3.25. The summed E-state index contributed by atoms with van der Waals surface area (Å²) in [7, 11) is 0. The van der Waals surface area contributed by atoms with Gasteiger partial charge in [-0.3, -0.25) is 4.99 Å². The Morgan fingerprint density at radius 2 is 2.10 bits per heavy atom. The summed E-state index contributed by atoms with van der Waals surface area (Å²) in [5, 5.41) is 4.57. The normalized spacial score (nSPS) is 20.2. The highest BCUT2D eigenvalue weighted by molar-refractivity contribution is 8.14. The van der Waals surface area contributed by atoms with Crippen LogP contribution in [0.1, 0.15) is 11.3 Å². The van der Waals surface area contributed by atoms with Crippen molar-refractivity contribution in [1.29, 1.82) is 0 Å². The molecule has 1 aromatic carbocycles. The van der Waals surface area contributed by atoms with Crippen LogP contribution in [0.25, 0.3) is 0 Å². The van der Waals surface area contributed by atoms with Crippen molar-refractivity contribution >= 4 is 16.9 Å². The van der Waals surface area contributed by atoms with Crippen LogP contribution in [0, 0.1) is 0 Å². The van der Waals surface area contributed by atoms with Gasteiger partial charge in [0.1, 0.15) is 5.76 Å². The molecule has 1 N–H and O–H groups in total. The minimum Gasteiger partial charge on any atom is -0.469 e. The zero-order chi connectivity index (χ0) is 13.6. The molecule has 3 rings (SSSR count). The Morgan fingerprint density at radius 1 is 1.20 bits per heavy atom. The van der Waals surface area contributed by atoms with Gasteiger partial charge in [-0.15, -0.1) is 0 Å². The SMILES string of the molecule is c1ccc(CC2CSC(=NCCc3ccco3)N2)cc1. The van der Waals surface area contributed by atoms with Gasteiger partial charge in [0.05, 0.1) is 6.26 Å². The van der Waals surface area contributed by atoms with Crippen LogP contribution in [-0.4, -0.2) is 23.5 Å². The van der Waals surface area contributed by atoms with Crippen LogP contribution in [0.3, 0.4) is 0 Å². The third-order valence-corrected chi connectivity index (χ3v) is 4.36. The lowest BCUT2D eigenvalue weighted by Crippen LogP contribution is -2.29. The molecule has 104 valence electrons. The van der Waals surface area contributed by atoms with E-state index >= 15 is 0 Å². The zero-order valence-electron chi connectivity index (χ0n) is 11.3. The lowest BCUT2D eigenvalue weighted by atomic mass is 10.1. The van der Waals surface area contributed by atoms with Crippen molar-refractivity contribution in [2.24, 2.45) is 4.99 Å². The molecule has 3 nitrogen and oxygen atoms in total. The number of hydrogen-bond acceptors (Lipinski definition) is 3. The van der Waals surface area contributed by atoms with Gasteiger partial charge in [-0.05, 0) is 24.1 Å². The number of nitrogens with zero attached hydrogens (tertiary/aromatic N) is 1. The van der Waals surface area contributed by atoms with E-state index in [0.717, 1.165) is 36.1 Å². The molecule has 1 atom stereocenters. The molecule has 2 aromatic rings. The first kappa shape index (κ1) is 13.3. The van der Waals surface area contributed by atoms with Crippen LogP contribution in [0.2, 0.25) is 0 Å². The molecule has 1 fully saturated rings.